The topological polar surface area (TPSA) is 59.4 Å². The van der Waals surface area contributed by atoms with E-state index in [0.29, 0.717) is 25.0 Å². The molecule has 140 valence electrons. The summed E-state index contributed by atoms with van der Waals surface area (Å²) in [5, 5.41) is 7.90. The molecule has 4 atom stereocenters. The lowest BCUT2D eigenvalue weighted by Crippen LogP contribution is -2.38. The van der Waals surface area contributed by atoms with Crippen LogP contribution in [0.4, 0.5) is 0 Å². The molecule has 1 aliphatic carbocycles. The van der Waals surface area contributed by atoms with Crippen LogP contribution in [0.3, 0.4) is 0 Å². The zero-order valence-corrected chi connectivity index (χ0v) is 16.0. The van der Waals surface area contributed by atoms with Gasteiger partial charge in [0.15, 0.2) is 0 Å². The highest BCUT2D eigenvalue weighted by atomic mass is 16.5. The van der Waals surface area contributed by atoms with Gasteiger partial charge in [0, 0.05) is 44.4 Å². The number of ether oxygens (including phenoxy) is 1. The van der Waals surface area contributed by atoms with E-state index < -0.39 is 0 Å². The molecule has 1 N–H and O–H groups in total. The normalized spacial score (nSPS) is 30.2. The lowest BCUT2D eigenvalue weighted by atomic mass is 9.88. The van der Waals surface area contributed by atoms with Gasteiger partial charge in [0.2, 0.25) is 5.91 Å². The SMILES string of the molecule is Cc1c([C@H]2[C@H](NCCOC3CCCCC3C)CC(=O)N2C)cnn1C. The van der Waals surface area contributed by atoms with E-state index in [1.54, 1.807) is 0 Å². The smallest absolute Gasteiger partial charge is 0.224 e. The summed E-state index contributed by atoms with van der Waals surface area (Å²) in [4.78, 5) is 14.1. The number of carbonyl (C=O) groups is 1. The third-order valence-electron chi connectivity index (χ3n) is 6.05. The van der Waals surface area contributed by atoms with Crippen molar-refractivity contribution in [3.05, 3.63) is 17.5 Å². The van der Waals surface area contributed by atoms with Crippen LogP contribution >= 0.6 is 0 Å². The van der Waals surface area contributed by atoms with Crippen LogP contribution in [0, 0.1) is 12.8 Å². The minimum atomic E-state index is 0.0507. The zero-order chi connectivity index (χ0) is 18.0. The van der Waals surface area contributed by atoms with E-state index in [0.717, 1.165) is 17.8 Å². The third kappa shape index (κ3) is 3.90. The van der Waals surface area contributed by atoms with Gasteiger partial charge < -0.3 is 15.0 Å². The van der Waals surface area contributed by atoms with Gasteiger partial charge in [-0.15, -0.1) is 0 Å². The fraction of sp³-hybridized carbons (Fsp3) is 0.789. The number of nitrogens with one attached hydrogen (secondary N) is 1. The summed E-state index contributed by atoms with van der Waals surface area (Å²) in [6, 6.07) is 0.169. The molecule has 2 fully saturated rings. The van der Waals surface area contributed by atoms with Crippen LogP contribution in [-0.2, 0) is 16.6 Å². The molecule has 6 nitrogen and oxygen atoms in total. The van der Waals surface area contributed by atoms with E-state index in [1.807, 2.05) is 29.9 Å². The van der Waals surface area contributed by atoms with Gasteiger partial charge in [0.05, 0.1) is 24.9 Å². The summed E-state index contributed by atoms with van der Waals surface area (Å²) in [5.74, 6) is 0.853. The predicted octanol–water partition coefficient (Wildman–Crippen LogP) is 2.19. The van der Waals surface area contributed by atoms with Crippen LogP contribution in [0.1, 0.15) is 56.3 Å². The number of amides is 1. The molecular weight excluding hydrogens is 316 g/mol. The maximum absolute atomic E-state index is 12.2. The number of nitrogens with zero attached hydrogens (tertiary/aromatic N) is 3. The Labute approximate surface area is 150 Å². The zero-order valence-electron chi connectivity index (χ0n) is 16.0. The first-order chi connectivity index (χ1) is 12.0. The average molecular weight is 348 g/mol. The van der Waals surface area contributed by atoms with E-state index >= 15 is 0 Å². The Morgan fingerprint density at radius 2 is 2.08 bits per heavy atom. The molecule has 6 heteroatoms. The largest absolute Gasteiger partial charge is 0.377 e. The molecule has 0 spiro atoms. The van der Waals surface area contributed by atoms with Crippen molar-refractivity contribution in [2.75, 3.05) is 20.2 Å². The summed E-state index contributed by atoms with van der Waals surface area (Å²) >= 11 is 0. The minimum absolute atomic E-state index is 0.0507. The molecule has 1 aliphatic heterocycles. The van der Waals surface area contributed by atoms with Gasteiger partial charge in [-0.25, -0.2) is 0 Å². The van der Waals surface area contributed by atoms with E-state index in [-0.39, 0.29) is 18.0 Å². The van der Waals surface area contributed by atoms with Crippen LogP contribution < -0.4 is 5.32 Å². The van der Waals surface area contributed by atoms with Crippen molar-refractivity contribution in [3.8, 4) is 0 Å². The number of carbonyl (C=O) groups excluding carboxylic acids is 1. The number of likely N-dealkylation sites (N-methyl/N-ethyl adjacent to an activating group) is 1. The average Bonchev–Trinajstić information content (AvgIpc) is 3.06. The van der Waals surface area contributed by atoms with Gasteiger partial charge in [-0.1, -0.05) is 19.8 Å². The summed E-state index contributed by atoms with van der Waals surface area (Å²) < 4.78 is 7.97. The highest BCUT2D eigenvalue weighted by Crippen LogP contribution is 2.33. The van der Waals surface area contributed by atoms with Crippen molar-refractivity contribution in [1.82, 2.24) is 20.0 Å². The first-order valence-electron chi connectivity index (χ1n) is 9.58. The van der Waals surface area contributed by atoms with E-state index in [1.165, 1.54) is 25.7 Å². The molecule has 1 saturated carbocycles. The van der Waals surface area contributed by atoms with Gasteiger partial charge in [-0.3, -0.25) is 9.48 Å². The van der Waals surface area contributed by atoms with Crippen molar-refractivity contribution in [1.29, 1.82) is 0 Å². The van der Waals surface area contributed by atoms with Crippen molar-refractivity contribution < 1.29 is 9.53 Å². The molecular formula is C19H32N4O2. The Morgan fingerprint density at radius 3 is 2.76 bits per heavy atom. The van der Waals surface area contributed by atoms with E-state index in [2.05, 4.69) is 24.3 Å². The second-order valence-electron chi connectivity index (χ2n) is 7.69. The second-order valence-corrected chi connectivity index (χ2v) is 7.69. The summed E-state index contributed by atoms with van der Waals surface area (Å²) in [5.41, 5.74) is 2.25. The van der Waals surface area contributed by atoms with Crippen LogP contribution in [-0.4, -0.2) is 52.9 Å². The van der Waals surface area contributed by atoms with Crippen LogP contribution in [0.15, 0.2) is 6.20 Å². The maximum atomic E-state index is 12.2. The van der Waals surface area contributed by atoms with Crippen LogP contribution in [0.5, 0.6) is 0 Å². The molecule has 0 aromatic carbocycles. The summed E-state index contributed by atoms with van der Waals surface area (Å²) in [7, 11) is 3.83. The van der Waals surface area contributed by atoms with Gasteiger partial charge in [0.25, 0.3) is 0 Å². The highest BCUT2D eigenvalue weighted by Gasteiger charge is 2.39. The lowest BCUT2D eigenvalue weighted by Gasteiger charge is -2.29. The first kappa shape index (κ1) is 18.4. The number of likely N-dealkylation sites (tertiary alicyclic amines) is 1. The summed E-state index contributed by atoms with van der Waals surface area (Å²) in [6.45, 7) is 5.85. The van der Waals surface area contributed by atoms with E-state index in [4.69, 9.17) is 4.74 Å². The van der Waals surface area contributed by atoms with Gasteiger partial charge in [-0.05, 0) is 25.7 Å². The highest BCUT2D eigenvalue weighted by molar-refractivity contribution is 5.80. The fourth-order valence-corrected chi connectivity index (χ4v) is 4.27. The standard InChI is InChI=1S/C19H32N4O2/c1-13-7-5-6-8-17(13)25-10-9-20-16-11-18(24)22(3)19(16)15-12-21-23(4)14(15)2/h12-13,16-17,19-20H,5-11H2,1-4H3/t13?,16-,17?,19+/m1/s1. The lowest BCUT2D eigenvalue weighted by molar-refractivity contribution is -0.127. The Balaban J connectivity index is 1.55. The number of aryl methyl sites for hydroxylation is 1. The predicted molar refractivity (Wildman–Crippen MR) is 97.2 cm³/mol. The van der Waals surface area contributed by atoms with Crippen LogP contribution in [0.2, 0.25) is 0 Å². The minimum Gasteiger partial charge on any atom is -0.377 e. The van der Waals surface area contributed by atoms with Crippen molar-refractivity contribution in [3.63, 3.8) is 0 Å². The Kier molecular flexibility index (Phi) is 5.79. The van der Waals surface area contributed by atoms with Crippen molar-refractivity contribution in [2.24, 2.45) is 13.0 Å². The molecule has 2 unspecified atom stereocenters. The Morgan fingerprint density at radius 1 is 1.32 bits per heavy atom. The Bertz CT molecular complexity index is 600. The molecule has 1 aromatic heterocycles. The monoisotopic (exact) mass is 348 g/mol. The molecule has 2 aliphatic rings. The van der Waals surface area contributed by atoms with Crippen molar-refractivity contribution >= 4 is 5.91 Å². The van der Waals surface area contributed by atoms with Crippen molar-refractivity contribution in [2.45, 2.75) is 64.1 Å². The van der Waals surface area contributed by atoms with Crippen LogP contribution in [0.25, 0.3) is 0 Å². The molecule has 0 bridgehead atoms. The molecule has 25 heavy (non-hydrogen) atoms. The molecule has 0 radical (unpaired) electrons. The number of hydrogen-bond donors (Lipinski definition) is 1. The molecule has 3 rings (SSSR count). The molecule has 1 saturated heterocycles. The fourth-order valence-electron chi connectivity index (χ4n) is 4.27. The number of aromatic nitrogens is 2. The Hall–Kier alpha value is -1.40. The van der Waals surface area contributed by atoms with Gasteiger partial charge in [-0.2, -0.15) is 5.10 Å². The van der Waals surface area contributed by atoms with Gasteiger partial charge >= 0.3 is 0 Å². The molecule has 2 heterocycles. The second kappa shape index (κ2) is 7.87. The first-order valence-corrected chi connectivity index (χ1v) is 9.58. The quantitative estimate of drug-likeness (QED) is 0.801. The molecule has 1 aromatic rings. The molecule has 1 amide bonds. The number of rotatable bonds is 6. The summed E-state index contributed by atoms with van der Waals surface area (Å²) in [6.07, 6.45) is 7.92. The maximum Gasteiger partial charge on any atom is 0.224 e. The third-order valence-corrected chi connectivity index (χ3v) is 6.05. The van der Waals surface area contributed by atoms with Gasteiger partial charge in [0.1, 0.15) is 0 Å². The number of hydrogen-bond acceptors (Lipinski definition) is 4. The van der Waals surface area contributed by atoms with E-state index in [9.17, 15) is 4.79 Å².